The summed E-state index contributed by atoms with van der Waals surface area (Å²) >= 11 is 0. The van der Waals surface area contributed by atoms with Crippen LogP contribution in [0, 0.1) is 5.82 Å². The quantitative estimate of drug-likeness (QED) is 0.626. The van der Waals surface area contributed by atoms with E-state index in [9.17, 15) is 12.8 Å². The van der Waals surface area contributed by atoms with E-state index in [4.69, 9.17) is 4.42 Å². The molecule has 2 aromatic carbocycles. The molecule has 3 rings (SSSR count). The predicted octanol–water partition coefficient (Wildman–Crippen LogP) is 4.38. The first-order valence-electron chi connectivity index (χ1n) is 8.75. The third-order valence-corrected chi connectivity index (χ3v) is 5.69. The average molecular weight is 388 g/mol. The van der Waals surface area contributed by atoms with Crippen LogP contribution >= 0.6 is 0 Å². The number of benzene rings is 2. The number of rotatable bonds is 6. The van der Waals surface area contributed by atoms with E-state index in [0.717, 1.165) is 11.1 Å². The third-order valence-electron chi connectivity index (χ3n) is 4.51. The molecule has 1 aromatic heterocycles. The minimum Gasteiger partial charge on any atom is -0.420 e. The zero-order valence-corrected chi connectivity index (χ0v) is 16.3. The molecule has 0 saturated carbocycles. The Morgan fingerprint density at radius 1 is 1.07 bits per heavy atom. The number of halogens is 1. The molecule has 0 aliphatic heterocycles. The van der Waals surface area contributed by atoms with E-state index >= 15 is 0 Å². The van der Waals surface area contributed by atoms with E-state index in [0.29, 0.717) is 24.3 Å². The van der Waals surface area contributed by atoms with Crippen molar-refractivity contribution in [1.29, 1.82) is 0 Å². The number of nitrogens with zero attached hydrogens (tertiary/aromatic N) is 2. The molecule has 0 aliphatic rings. The summed E-state index contributed by atoms with van der Waals surface area (Å²) in [7, 11) is -3.36. The van der Waals surface area contributed by atoms with Crippen molar-refractivity contribution in [3.63, 3.8) is 0 Å². The Kier molecular flexibility index (Phi) is 5.41. The fourth-order valence-corrected chi connectivity index (χ4v) is 4.09. The van der Waals surface area contributed by atoms with Gasteiger partial charge < -0.3 is 4.42 Å². The highest BCUT2D eigenvalue weighted by Gasteiger charge is 2.21. The van der Waals surface area contributed by atoms with Gasteiger partial charge in [-0.3, -0.25) is 0 Å². The zero-order valence-electron chi connectivity index (χ0n) is 15.4. The second kappa shape index (κ2) is 7.60. The molecular weight excluding hydrogens is 367 g/mol. The van der Waals surface area contributed by atoms with Gasteiger partial charge in [0, 0.05) is 11.8 Å². The molecule has 142 valence electrons. The maximum atomic E-state index is 13.2. The highest BCUT2D eigenvalue weighted by molar-refractivity contribution is 7.90. The third kappa shape index (κ3) is 4.08. The summed E-state index contributed by atoms with van der Waals surface area (Å²) in [5.74, 6) is 0.220. The van der Waals surface area contributed by atoms with Crippen molar-refractivity contribution < 1.29 is 17.2 Å². The van der Waals surface area contributed by atoms with Crippen molar-refractivity contribution >= 4 is 9.84 Å². The van der Waals surface area contributed by atoms with Gasteiger partial charge in [0.2, 0.25) is 11.8 Å². The van der Waals surface area contributed by atoms with Crippen molar-refractivity contribution in [3.8, 4) is 11.5 Å². The number of aromatic nitrogens is 2. The van der Waals surface area contributed by atoms with E-state index in [1.54, 1.807) is 30.3 Å². The molecule has 0 radical (unpaired) electrons. The summed E-state index contributed by atoms with van der Waals surface area (Å²) in [5, 5.41) is 8.23. The van der Waals surface area contributed by atoms with E-state index in [2.05, 4.69) is 10.2 Å². The Bertz CT molecular complexity index is 1040. The second-order valence-electron chi connectivity index (χ2n) is 6.41. The van der Waals surface area contributed by atoms with Crippen molar-refractivity contribution in [2.75, 3.05) is 6.26 Å². The molecule has 0 saturated heterocycles. The van der Waals surface area contributed by atoms with Crippen molar-refractivity contribution in [1.82, 2.24) is 10.2 Å². The molecule has 27 heavy (non-hydrogen) atoms. The summed E-state index contributed by atoms with van der Waals surface area (Å²) in [6, 6.07) is 11.3. The molecule has 1 unspecified atom stereocenters. The summed E-state index contributed by atoms with van der Waals surface area (Å²) in [6.07, 6.45) is 2.50. The Labute approximate surface area is 158 Å². The number of sulfone groups is 1. The molecule has 1 heterocycles. The van der Waals surface area contributed by atoms with Gasteiger partial charge in [0.1, 0.15) is 5.82 Å². The van der Waals surface area contributed by atoms with Gasteiger partial charge in [-0.25, -0.2) is 12.8 Å². The van der Waals surface area contributed by atoms with E-state index < -0.39 is 9.84 Å². The fourth-order valence-electron chi connectivity index (χ4n) is 3.06. The van der Waals surface area contributed by atoms with Crippen LogP contribution in [0.15, 0.2) is 51.8 Å². The maximum absolute atomic E-state index is 13.2. The van der Waals surface area contributed by atoms with Gasteiger partial charge in [-0.15, -0.1) is 10.2 Å². The molecule has 0 bridgehead atoms. The number of hydrogen-bond donors (Lipinski definition) is 0. The average Bonchev–Trinajstić information content (AvgIpc) is 3.12. The summed E-state index contributed by atoms with van der Waals surface area (Å²) in [4.78, 5) is 0.271. The normalized spacial score (nSPS) is 12.9. The van der Waals surface area contributed by atoms with Crippen molar-refractivity contribution in [2.45, 2.75) is 37.5 Å². The van der Waals surface area contributed by atoms with Gasteiger partial charge in [0.15, 0.2) is 9.84 Å². The lowest BCUT2D eigenvalue weighted by Gasteiger charge is -2.10. The Morgan fingerprint density at radius 3 is 2.37 bits per heavy atom. The van der Waals surface area contributed by atoms with Crippen LogP contribution in [0.4, 0.5) is 4.39 Å². The molecule has 0 aliphatic carbocycles. The van der Waals surface area contributed by atoms with Gasteiger partial charge in [-0.1, -0.05) is 32.0 Å². The molecule has 1 atom stereocenters. The molecule has 0 spiro atoms. The summed E-state index contributed by atoms with van der Waals surface area (Å²) in [6.45, 7) is 3.89. The van der Waals surface area contributed by atoms with E-state index in [1.165, 1.54) is 18.4 Å². The van der Waals surface area contributed by atoms with Crippen LogP contribution in [0.25, 0.3) is 11.5 Å². The fraction of sp³-hybridized carbons (Fsp3) is 0.300. The van der Waals surface area contributed by atoms with Gasteiger partial charge >= 0.3 is 0 Å². The lowest BCUT2D eigenvalue weighted by Crippen LogP contribution is -2.02. The van der Waals surface area contributed by atoms with Crippen LogP contribution < -0.4 is 0 Å². The number of hydrogen-bond acceptors (Lipinski definition) is 5. The minimum absolute atomic E-state index is 0.156. The predicted molar refractivity (Wildman–Crippen MR) is 101 cm³/mol. The van der Waals surface area contributed by atoms with Gasteiger partial charge in [-0.05, 0) is 48.2 Å². The van der Waals surface area contributed by atoms with Crippen molar-refractivity contribution in [3.05, 3.63) is 65.3 Å². The molecule has 7 heteroatoms. The highest BCUT2D eigenvalue weighted by atomic mass is 32.2. The van der Waals surface area contributed by atoms with Gasteiger partial charge in [0.05, 0.1) is 10.8 Å². The topological polar surface area (TPSA) is 73.1 Å². The maximum Gasteiger partial charge on any atom is 0.247 e. The molecule has 3 aromatic rings. The standard InChI is InChI=1S/C20H21FN2O3S/c1-4-13-6-7-15(12-18(13)27(3,24)25)19-22-23-20(26-19)17(5-2)14-8-10-16(21)11-9-14/h6-12,17H,4-5H2,1-3H3. The van der Waals surface area contributed by atoms with Crippen LogP contribution in [-0.4, -0.2) is 24.9 Å². The first kappa shape index (κ1) is 19.2. The highest BCUT2D eigenvalue weighted by Crippen LogP contribution is 2.30. The number of aryl methyl sites for hydroxylation is 1. The monoisotopic (exact) mass is 388 g/mol. The van der Waals surface area contributed by atoms with Crippen molar-refractivity contribution in [2.24, 2.45) is 0 Å². The Hall–Kier alpha value is -2.54. The lowest BCUT2D eigenvalue weighted by atomic mass is 9.96. The van der Waals surface area contributed by atoms with Gasteiger partial charge in [-0.2, -0.15) is 0 Å². The van der Waals surface area contributed by atoms with E-state index in [1.807, 2.05) is 13.8 Å². The van der Waals surface area contributed by atoms with E-state index in [-0.39, 0.29) is 22.5 Å². The Morgan fingerprint density at radius 2 is 1.78 bits per heavy atom. The smallest absolute Gasteiger partial charge is 0.247 e. The molecule has 0 amide bonds. The first-order chi connectivity index (χ1) is 12.8. The SMILES string of the molecule is CCc1ccc(-c2nnc(C(CC)c3ccc(F)cc3)o2)cc1S(C)(=O)=O. The first-order valence-corrected chi connectivity index (χ1v) is 10.6. The zero-order chi connectivity index (χ0) is 19.6. The molecule has 0 fully saturated rings. The molecular formula is C20H21FN2O3S. The van der Waals surface area contributed by atoms with Crippen LogP contribution in [0.3, 0.4) is 0 Å². The van der Waals surface area contributed by atoms with Crippen LogP contribution in [0.5, 0.6) is 0 Å². The molecule has 5 nitrogen and oxygen atoms in total. The Balaban J connectivity index is 1.99. The molecule has 0 N–H and O–H groups in total. The van der Waals surface area contributed by atoms with Crippen LogP contribution in [0.2, 0.25) is 0 Å². The minimum atomic E-state index is -3.36. The largest absolute Gasteiger partial charge is 0.420 e. The van der Waals surface area contributed by atoms with Gasteiger partial charge in [0.25, 0.3) is 0 Å². The van der Waals surface area contributed by atoms with Crippen LogP contribution in [0.1, 0.15) is 43.2 Å². The second-order valence-corrected chi connectivity index (χ2v) is 8.39. The lowest BCUT2D eigenvalue weighted by molar-refractivity contribution is 0.473. The summed E-state index contributed by atoms with van der Waals surface area (Å²) < 4.78 is 43.2. The van der Waals surface area contributed by atoms with Crippen LogP contribution in [-0.2, 0) is 16.3 Å². The summed E-state index contributed by atoms with van der Waals surface area (Å²) in [5.41, 5.74) is 2.19.